The molecule has 2 amide bonds. The predicted octanol–water partition coefficient (Wildman–Crippen LogP) is 5.68. The molecule has 0 saturated heterocycles. The van der Waals surface area contributed by atoms with Crippen molar-refractivity contribution in [2.75, 3.05) is 10.8 Å². The summed E-state index contributed by atoms with van der Waals surface area (Å²) in [6.45, 7) is 3.45. The zero-order chi connectivity index (χ0) is 28.7. The van der Waals surface area contributed by atoms with Gasteiger partial charge in [0, 0.05) is 17.1 Å². The lowest BCUT2D eigenvalue weighted by Crippen LogP contribution is -2.52. The molecule has 1 fully saturated rings. The van der Waals surface area contributed by atoms with Gasteiger partial charge in [0.05, 0.1) is 10.6 Å². The molecule has 1 aliphatic rings. The monoisotopic (exact) mass is 625 g/mol. The standard InChI is InChI=1S/C31H36BrN3O4S/c1-3-24-15-19-28(20-16-24)35(40(38,39)29-11-5-4-6-12-29)22-30(36)34(21-25-13-17-26(32)18-14-25)23(2)31(37)33-27-9-7-8-10-27/h4-6,11-20,23,27H,3,7-10,21-22H2,1-2H3,(H,33,37)/t23-/m1/s1. The number of carbonyl (C=O) groups excluding carboxylic acids is 2. The average Bonchev–Trinajstić information content (AvgIpc) is 3.48. The quantitative estimate of drug-likeness (QED) is 0.297. The van der Waals surface area contributed by atoms with Crippen LogP contribution in [-0.4, -0.2) is 43.8 Å². The van der Waals surface area contributed by atoms with Gasteiger partial charge in [0.15, 0.2) is 0 Å². The SMILES string of the molecule is CCc1ccc(N(CC(=O)N(Cc2ccc(Br)cc2)[C@H](C)C(=O)NC2CCCC2)S(=O)(=O)c2ccccc2)cc1. The van der Waals surface area contributed by atoms with Gasteiger partial charge in [0.1, 0.15) is 12.6 Å². The van der Waals surface area contributed by atoms with E-state index in [1.54, 1.807) is 37.3 Å². The molecule has 3 aromatic carbocycles. The van der Waals surface area contributed by atoms with E-state index in [4.69, 9.17) is 0 Å². The molecular weight excluding hydrogens is 590 g/mol. The van der Waals surface area contributed by atoms with Crippen molar-refractivity contribution in [3.05, 3.63) is 94.5 Å². The first-order valence-electron chi connectivity index (χ1n) is 13.7. The number of hydrogen-bond acceptors (Lipinski definition) is 4. The number of amides is 2. The van der Waals surface area contributed by atoms with Gasteiger partial charge in [-0.1, -0.05) is 78.2 Å². The van der Waals surface area contributed by atoms with Crippen LogP contribution in [0.1, 0.15) is 50.7 Å². The molecule has 4 rings (SSSR count). The number of halogens is 1. The largest absolute Gasteiger partial charge is 0.352 e. The lowest BCUT2D eigenvalue weighted by atomic mass is 10.1. The van der Waals surface area contributed by atoms with Crippen molar-refractivity contribution >= 4 is 43.5 Å². The second-order valence-corrected chi connectivity index (χ2v) is 12.9. The summed E-state index contributed by atoms with van der Waals surface area (Å²) in [5.41, 5.74) is 2.28. The first-order valence-corrected chi connectivity index (χ1v) is 15.9. The van der Waals surface area contributed by atoms with Crippen molar-refractivity contribution in [2.24, 2.45) is 0 Å². The van der Waals surface area contributed by atoms with Crippen LogP contribution in [0.4, 0.5) is 5.69 Å². The molecule has 0 spiro atoms. The Morgan fingerprint density at radius 3 is 2.12 bits per heavy atom. The lowest BCUT2D eigenvalue weighted by Gasteiger charge is -2.32. The fourth-order valence-corrected chi connectivity index (χ4v) is 6.61. The first-order chi connectivity index (χ1) is 19.2. The van der Waals surface area contributed by atoms with Crippen LogP contribution in [0.3, 0.4) is 0 Å². The summed E-state index contributed by atoms with van der Waals surface area (Å²) >= 11 is 3.44. The second-order valence-electron chi connectivity index (χ2n) is 10.2. The maximum atomic E-state index is 14.0. The van der Waals surface area contributed by atoms with Gasteiger partial charge < -0.3 is 10.2 Å². The van der Waals surface area contributed by atoms with Gasteiger partial charge in [0.2, 0.25) is 11.8 Å². The summed E-state index contributed by atoms with van der Waals surface area (Å²) in [5.74, 6) is -0.696. The lowest BCUT2D eigenvalue weighted by molar-refractivity contribution is -0.139. The smallest absolute Gasteiger partial charge is 0.264 e. The van der Waals surface area contributed by atoms with Gasteiger partial charge in [-0.2, -0.15) is 0 Å². The Bertz CT molecular complexity index is 1390. The van der Waals surface area contributed by atoms with Crippen LogP contribution in [0, 0.1) is 0 Å². The molecule has 40 heavy (non-hydrogen) atoms. The Hall–Kier alpha value is -3.17. The molecule has 1 saturated carbocycles. The average molecular weight is 627 g/mol. The molecule has 0 radical (unpaired) electrons. The third-order valence-electron chi connectivity index (χ3n) is 7.38. The molecule has 0 bridgehead atoms. The van der Waals surface area contributed by atoms with Crippen molar-refractivity contribution in [3.8, 4) is 0 Å². The minimum atomic E-state index is -4.07. The number of sulfonamides is 1. The van der Waals surface area contributed by atoms with E-state index in [0.717, 1.165) is 52.0 Å². The predicted molar refractivity (Wildman–Crippen MR) is 161 cm³/mol. The summed E-state index contributed by atoms with van der Waals surface area (Å²) in [5, 5.41) is 3.09. The summed E-state index contributed by atoms with van der Waals surface area (Å²) in [6.07, 6.45) is 4.80. The van der Waals surface area contributed by atoms with E-state index >= 15 is 0 Å². The van der Waals surface area contributed by atoms with Crippen LogP contribution >= 0.6 is 15.9 Å². The maximum Gasteiger partial charge on any atom is 0.264 e. The van der Waals surface area contributed by atoms with Crippen LogP contribution in [0.25, 0.3) is 0 Å². The van der Waals surface area contributed by atoms with Crippen LogP contribution in [-0.2, 0) is 32.6 Å². The Morgan fingerprint density at radius 2 is 1.52 bits per heavy atom. The minimum absolute atomic E-state index is 0.0915. The van der Waals surface area contributed by atoms with E-state index in [1.807, 2.05) is 43.3 Å². The molecule has 1 N–H and O–H groups in total. The van der Waals surface area contributed by atoms with E-state index in [1.165, 1.54) is 17.0 Å². The summed E-state index contributed by atoms with van der Waals surface area (Å²) in [7, 11) is -4.07. The molecular formula is C31H36BrN3O4S. The first kappa shape index (κ1) is 29.8. The van der Waals surface area contributed by atoms with E-state index < -0.39 is 28.5 Å². The molecule has 1 aliphatic carbocycles. The molecule has 212 valence electrons. The molecule has 0 aromatic heterocycles. The molecule has 0 heterocycles. The second kappa shape index (κ2) is 13.5. The van der Waals surface area contributed by atoms with Crippen molar-refractivity contribution in [1.29, 1.82) is 0 Å². The Kier molecular flexibility index (Phi) is 10.0. The number of nitrogens with one attached hydrogen (secondary N) is 1. The molecule has 3 aromatic rings. The summed E-state index contributed by atoms with van der Waals surface area (Å²) in [4.78, 5) is 28.9. The fraction of sp³-hybridized carbons (Fsp3) is 0.355. The van der Waals surface area contributed by atoms with Crippen molar-refractivity contribution in [2.45, 2.75) is 69.5 Å². The van der Waals surface area contributed by atoms with Gasteiger partial charge in [0.25, 0.3) is 10.0 Å². The number of aryl methyl sites for hydroxylation is 1. The van der Waals surface area contributed by atoms with E-state index in [-0.39, 0.29) is 23.4 Å². The topological polar surface area (TPSA) is 86.8 Å². The fourth-order valence-electron chi connectivity index (χ4n) is 4.91. The molecule has 9 heteroatoms. The van der Waals surface area contributed by atoms with Gasteiger partial charge in [-0.3, -0.25) is 13.9 Å². The normalized spacial score (nSPS) is 14.5. The van der Waals surface area contributed by atoms with Crippen LogP contribution in [0.5, 0.6) is 0 Å². The molecule has 0 aliphatic heterocycles. The zero-order valence-corrected chi connectivity index (χ0v) is 25.3. The van der Waals surface area contributed by atoms with E-state index in [2.05, 4.69) is 21.2 Å². The molecule has 0 unspecified atom stereocenters. The highest BCUT2D eigenvalue weighted by Crippen LogP contribution is 2.25. The van der Waals surface area contributed by atoms with Crippen LogP contribution in [0.2, 0.25) is 0 Å². The summed E-state index contributed by atoms with van der Waals surface area (Å²) < 4.78 is 29.7. The van der Waals surface area contributed by atoms with E-state index in [0.29, 0.717) is 5.69 Å². The van der Waals surface area contributed by atoms with Crippen molar-refractivity contribution in [3.63, 3.8) is 0 Å². The number of nitrogens with zero attached hydrogens (tertiary/aromatic N) is 2. The molecule has 1 atom stereocenters. The third-order valence-corrected chi connectivity index (χ3v) is 9.69. The highest BCUT2D eigenvalue weighted by molar-refractivity contribution is 9.10. The third kappa shape index (κ3) is 7.31. The highest BCUT2D eigenvalue weighted by Gasteiger charge is 2.33. The number of hydrogen-bond donors (Lipinski definition) is 1. The summed E-state index contributed by atoms with van der Waals surface area (Å²) in [6, 6.07) is 22.1. The van der Waals surface area contributed by atoms with Gasteiger partial charge in [-0.05, 0) is 73.7 Å². The van der Waals surface area contributed by atoms with Crippen LogP contribution in [0.15, 0.2) is 88.2 Å². The van der Waals surface area contributed by atoms with E-state index in [9.17, 15) is 18.0 Å². The van der Waals surface area contributed by atoms with Gasteiger partial charge >= 0.3 is 0 Å². The Balaban J connectivity index is 1.67. The molecule has 7 nitrogen and oxygen atoms in total. The van der Waals surface area contributed by atoms with Gasteiger partial charge in [-0.15, -0.1) is 0 Å². The van der Waals surface area contributed by atoms with Crippen molar-refractivity contribution in [1.82, 2.24) is 10.2 Å². The van der Waals surface area contributed by atoms with Crippen molar-refractivity contribution < 1.29 is 18.0 Å². The van der Waals surface area contributed by atoms with Gasteiger partial charge in [-0.25, -0.2) is 8.42 Å². The number of anilines is 1. The number of rotatable bonds is 11. The number of carbonyl (C=O) groups is 2. The Labute approximate surface area is 245 Å². The zero-order valence-electron chi connectivity index (χ0n) is 22.9. The van der Waals surface area contributed by atoms with Crippen LogP contribution < -0.4 is 9.62 Å². The minimum Gasteiger partial charge on any atom is -0.352 e. The number of benzene rings is 3. The Morgan fingerprint density at radius 1 is 0.925 bits per heavy atom. The maximum absolute atomic E-state index is 14.0. The highest BCUT2D eigenvalue weighted by atomic mass is 79.9.